The summed E-state index contributed by atoms with van der Waals surface area (Å²) in [5.41, 5.74) is 1.62. The van der Waals surface area contributed by atoms with Crippen molar-refractivity contribution in [3.05, 3.63) is 40.4 Å². The number of thiazole rings is 1. The number of aryl methyl sites for hydroxylation is 1. The van der Waals surface area contributed by atoms with Crippen molar-refractivity contribution in [3.63, 3.8) is 0 Å². The average Bonchev–Trinajstić information content (AvgIpc) is 3.14. The summed E-state index contributed by atoms with van der Waals surface area (Å²) in [6.07, 6.45) is 6.70. The van der Waals surface area contributed by atoms with E-state index in [9.17, 15) is 9.59 Å². The lowest BCUT2D eigenvalue weighted by Gasteiger charge is -2.28. The SMILES string of the molecule is CCC(=O)Nc1nc(C)c(C(=O)NC(C)c2ccc(OC3CCC(CC)CC3)cc2)s1. The third-order valence-corrected chi connectivity index (χ3v) is 7.04. The van der Waals surface area contributed by atoms with Gasteiger partial charge in [0.2, 0.25) is 5.91 Å². The minimum atomic E-state index is -0.187. The van der Waals surface area contributed by atoms with E-state index in [0.29, 0.717) is 28.2 Å². The van der Waals surface area contributed by atoms with Gasteiger partial charge >= 0.3 is 0 Å². The van der Waals surface area contributed by atoms with Gasteiger partial charge in [-0.1, -0.05) is 43.7 Å². The summed E-state index contributed by atoms with van der Waals surface area (Å²) < 4.78 is 6.16. The molecule has 1 saturated carbocycles. The third-order valence-electron chi connectivity index (χ3n) is 5.97. The second-order valence-corrected chi connectivity index (χ2v) is 9.27. The fourth-order valence-corrected chi connectivity index (χ4v) is 4.78. The first-order valence-corrected chi connectivity index (χ1v) is 12.1. The van der Waals surface area contributed by atoms with Gasteiger partial charge in [-0.25, -0.2) is 4.98 Å². The van der Waals surface area contributed by atoms with Gasteiger partial charge in [0.15, 0.2) is 5.13 Å². The highest BCUT2D eigenvalue weighted by Crippen LogP contribution is 2.30. The zero-order valence-corrected chi connectivity index (χ0v) is 19.7. The van der Waals surface area contributed by atoms with Crippen molar-refractivity contribution in [2.24, 2.45) is 5.92 Å². The lowest BCUT2D eigenvalue weighted by atomic mass is 9.86. The minimum absolute atomic E-state index is 0.116. The number of nitrogens with one attached hydrogen (secondary N) is 2. The first-order chi connectivity index (χ1) is 14.9. The van der Waals surface area contributed by atoms with Crippen molar-refractivity contribution in [1.82, 2.24) is 10.3 Å². The monoisotopic (exact) mass is 443 g/mol. The van der Waals surface area contributed by atoms with Crippen LogP contribution in [0.3, 0.4) is 0 Å². The minimum Gasteiger partial charge on any atom is -0.490 e. The maximum Gasteiger partial charge on any atom is 0.263 e. The van der Waals surface area contributed by atoms with Crippen LogP contribution in [-0.2, 0) is 4.79 Å². The van der Waals surface area contributed by atoms with Crippen molar-refractivity contribution in [2.75, 3.05) is 5.32 Å². The summed E-state index contributed by atoms with van der Waals surface area (Å²) in [6.45, 7) is 7.77. The largest absolute Gasteiger partial charge is 0.490 e. The van der Waals surface area contributed by atoms with Gasteiger partial charge in [0, 0.05) is 6.42 Å². The van der Waals surface area contributed by atoms with Crippen LogP contribution in [0.2, 0.25) is 0 Å². The van der Waals surface area contributed by atoms with E-state index in [2.05, 4.69) is 22.5 Å². The molecule has 1 aromatic heterocycles. The number of anilines is 1. The highest BCUT2D eigenvalue weighted by molar-refractivity contribution is 7.17. The normalized spacial score (nSPS) is 19.5. The highest BCUT2D eigenvalue weighted by Gasteiger charge is 2.22. The zero-order chi connectivity index (χ0) is 22.4. The average molecular weight is 444 g/mol. The van der Waals surface area contributed by atoms with Gasteiger partial charge in [-0.2, -0.15) is 0 Å². The molecule has 7 heteroatoms. The molecule has 1 fully saturated rings. The Morgan fingerprint density at radius 2 is 1.84 bits per heavy atom. The number of carbonyl (C=O) groups excluding carboxylic acids is 2. The number of carbonyl (C=O) groups is 2. The Kier molecular flexibility index (Phi) is 8.07. The van der Waals surface area contributed by atoms with Gasteiger partial charge in [-0.15, -0.1) is 0 Å². The van der Waals surface area contributed by atoms with Gasteiger partial charge in [-0.3, -0.25) is 9.59 Å². The Balaban J connectivity index is 1.55. The number of benzene rings is 1. The fourth-order valence-electron chi connectivity index (χ4n) is 3.90. The van der Waals surface area contributed by atoms with Crippen LogP contribution >= 0.6 is 11.3 Å². The molecule has 2 N–H and O–H groups in total. The van der Waals surface area contributed by atoms with Crippen molar-refractivity contribution < 1.29 is 14.3 Å². The quantitative estimate of drug-likeness (QED) is 0.553. The van der Waals surface area contributed by atoms with Crippen LogP contribution in [0.4, 0.5) is 5.13 Å². The molecule has 6 nitrogen and oxygen atoms in total. The molecule has 1 aliphatic carbocycles. The molecular formula is C24H33N3O3S. The molecule has 3 rings (SSSR count). The standard InChI is InChI=1S/C24H33N3O3S/c1-5-17-7-11-19(12-8-17)30-20-13-9-18(10-14-20)15(3)25-23(29)22-16(4)26-24(31-22)27-21(28)6-2/h9-10,13-15,17,19H,5-8,11-12H2,1-4H3,(H,25,29)(H,26,27,28). The number of hydrogen-bond donors (Lipinski definition) is 2. The molecule has 1 aromatic carbocycles. The molecule has 31 heavy (non-hydrogen) atoms. The van der Waals surface area contributed by atoms with E-state index in [1.807, 2.05) is 31.2 Å². The summed E-state index contributed by atoms with van der Waals surface area (Å²) in [4.78, 5) is 29.1. The van der Waals surface area contributed by atoms with Crippen LogP contribution in [0.5, 0.6) is 5.75 Å². The van der Waals surface area contributed by atoms with E-state index in [0.717, 1.165) is 30.1 Å². The van der Waals surface area contributed by atoms with E-state index in [-0.39, 0.29) is 17.9 Å². The summed E-state index contributed by atoms with van der Waals surface area (Å²) in [7, 11) is 0. The topological polar surface area (TPSA) is 80.3 Å². The summed E-state index contributed by atoms with van der Waals surface area (Å²) in [6, 6.07) is 7.83. The molecule has 1 atom stereocenters. The summed E-state index contributed by atoms with van der Waals surface area (Å²) in [5.74, 6) is 1.44. The van der Waals surface area contributed by atoms with Crippen LogP contribution < -0.4 is 15.4 Å². The Hall–Kier alpha value is -2.41. The lowest BCUT2D eigenvalue weighted by molar-refractivity contribution is -0.115. The van der Waals surface area contributed by atoms with Crippen molar-refractivity contribution in [3.8, 4) is 5.75 Å². The number of nitrogens with zero attached hydrogens (tertiary/aromatic N) is 1. The van der Waals surface area contributed by atoms with E-state index in [4.69, 9.17) is 4.74 Å². The molecule has 2 aromatic rings. The van der Waals surface area contributed by atoms with Crippen molar-refractivity contribution >= 4 is 28.3 Å². The molecule has 0 bridgehead atoms. The molecular weight excluding hydrogens is 410 g/mol. The first-order valence-electron chi connectivity index (χ1n) is 11.2. The number of rotatable bonds is 8. The second kappa shape index (κ2) is 10.8. The molecule has 0 spiro atoms. The Labute approximate surface area is 188 Å². The van der Waals surface area contributed by atoms with E-state index in [1.54, 1.807) is 13.8 Å². The van der Waals surface area contributed by atoms with E-state index < -0.39 is 0 Å². The first kappa shape index (κ1) is 23.3. The Morgan fingerprint density at radius 3 is 2.45 bits per heavy atom. The molecule has 1 aliphatic rings. The summed E-state index contributed by atoms with van der Waals surface area (Å²) >= 11 is 1.20. The van der Waals surface area contributed by atoms with Crippen LogP contribution in [0.1, 0.15) is 86.3 Å². The van der Waals surface area contributed by atoms with E-state index in [1.165, 1.54) is 30.6 Å². The Morgan fingerprint density at radius 1 is 1.16 bits per heavy atom. The third kappa shape index (κ3) is 6.29. The lowest BCUT2D eigenvalue weighted by Crippen LogP contribution is -2.26. The number of aromatic nitrogens is 1. The summed E-state index contributed by atoms with van der Waals surface area (Å²) in [5, 5.41) is 6.19. The Bertz CT molecular complexity index is 886. The molecule has 0 saturated heterocycles. The highest BCUT2D eigenvalue weighted by atomic mass is 32.1. The molecule has 168 valence electrons. The number of hydrogen-bond acceptors (Lipinski definition) is 5. The van der Waals surface area contributed by atoms with E-state index >= 15 is 0 Å². The smallest absolute Gasteiger partial charge is 0.263 e. The van der Waals surface area contributed by atoms with Crippen LogP contribution in [0.25, 0.3) is 0 Å². The van der Waals surface area contributed by atoms with Gasteiger partial charge in [0.05, 0.1) is 17.8 Å². The molecule has 0 aliphatic heterocycles. The van der Waals surface area contributed by atoms with Gasteiger partial charge in [0.25, 0.3) is 5.91 Å². The number of ether oxygens (including phenoxy) is 1. The zero-order valence-electron chi connectivity index (χ0n) is 18.9. The predicted molar refractivity (Wildman–Crippen MR) is 125 cm³/mol. The number of amides is 2. The molecule has 2 amide bonds. The van der Waals surface area contributed by atoms with Crippen molar-refractivity contribution in [1.29, 1.82) is 0 Å². The van der Waals surface area contributed by atoms with Gasteiger partial charge in [0.1, 0.15) is 10.6 Å². The second-order valence-electron chi connectivity index (χ2n) is 8.27. The fraction of sp³-hybridized carbons (Fsp3) is 0.542. The maximum atomic E-state index is 12.7. The molecule has 0 radical (unpaired) electrons. The van der Waals surface area contributed by atoms with Gasteiger partial charge < -0.3 is 15.4 Å². The maximum absolute atomic E-state index is 12.7. The van der Waals surface area contributed by atoms with Crippen molar-refractivity contribution in [2.45, 2.75) is 78.4 Å². The molecule has 1 unspecified atom stereocenters. The van der Waals surface area contributed by atoms with Crippen LogP contribution in [0, 0.1) is 12.8 Å². The van der Waals surface area contributed by atoms with Crippen LogP contribution in [0.15, 0.2) is 24.3 Å². The predicted octanol–water partition coefficient (Wildman–Crippen LogP) is 5.64. The molecule has 1 heterocycles. The van der Waals surface area contributed by atoms with Gasteiger partial charge in [-0.05, 0) is 63.1 Å². The van der Waals surface area contributed by atoms with Crippen LogP contribution in [-0.4, -0.2) is 22.9 Å².